The lowest BCUT2D eigenvalue weighted by molar-refractivity contribution is 0.127. The van der Waals surface area contributed by atoms with Gasteiger partial charge in [0, 0.05) is 10.0 Å². The fourth-order valence-corrected chi connectivity index (χ4v) is 2.04. The molecule has 0 spiro atoms. The first kappa shape index (κ1) is 14.5. The van der Waals surface area contributed by atoms with Gasteiger partial charge in [-0.05, 0) is 30.9 Å². The van der Waals surface area contributed by atoms with Gasteiger partial charge in [-0.3, -0.25) is 0 Å². The third-order valence-electron chi connectivity index (χ3n) is 2.81. The second-order valence-corrected chi connectivity index (χ2v) is 5.68. The lowest BCUT2D eigenvalue weighted by atomic mass is 9.95. The Kier molecular flexibility index (Phi) is 5.43. The molecule has 0 heterocycles. The first-order valence-electron chi connectivity index (χ1n) is 5.84. The average molecular weight is 302 g/mol. The number of aliphatic hydroxyl groups is 1. The van der Waals surface area contributed by atoms with E-state index in [1.807, 2.05) is 6.07 Å². The number of hydrogen-bond donors (Lipinski definition) is 3. The number of aliphatic hydroxyl groups excluding tert-OH is 1. The summed E-state index contributed by atoms with van der Waals surface area (Å²) in [4.78, 5) is 0. The van der Waals surface area contributed by atoms with Crippen LogP contribution in [0.4, 0.5) is 0 Å². The van der Waals surface area contributed by atoms with Crippen LogP contribution < -0.4 is 5.73 Å². The summed E-state index contributed by atoms with van der Waals surface area (Å²) in [5.41, 5.74) is 6.54. The quantitative estimate of drug-likeness (QED) is 0.783. The number of halogens is 1. The number of rotatable bonds is 5. The van der Waals surface area contributed by atoms with Crippen LogP contribution in [0, 0.1) is 5.92 Å². The Morgan fingerprint density at radius 3 is 2.47 bits per heavy atom. The highest BCUT2D eigenvalue weighted by atomic mass is 79.9. The van der Waals surface area contributed by atoms with E-state index in [9.17, 15) is 10.2 Å². The Bertz CT molecular complexity index is 368. The summed E-state index contributed by atoms with van der Waals surface area (Å²) in [6.45, 7) is 4.21. The molecule has 0 radical (unpaired) electrons. The SMILES string of the molecule is CC(C)CC[C@@H](O)[C@@H](N)c1ccc(Br)cc1O. The van der Waals surface area contributed by atoms with Crippen molar-refractivity contribution in [3.8, 4) is 5.75 Å². The van der Waals surface area contributed by atoms with Gasteiger partial charge in [0.25, 0.3) is 0 Å². The zero-order valence-electron chi connectivity index (χ0n) is 10.2. The van der Waals surface area contributed by atoms with Crippen LogP contribution in [-0.2, 0) is 0 Å². The molecule has 3 nitrogen and oxygen atoms in total. The predicted molar refractivity (Wildman–Crippen MR) is 72.8 cm³/mol. The van der Waals surface area contributed by atoms with Crippen molar-refractivity contribution in [3.63, 3.8) is 0 Å². The Hall–Kier alpha value is -0.580. The smallest absolute Gasteiger partial charge is 0.121 e. The summed E-state index contributed by atoms with van der Waals surface area (Å²) < 4.78 is 0.794. The van der Waals surface area contributed by atoms with Gasteiger partial charge >= 0.3 is 0 Å². The van der Waals surface area contributed by atoms with Crippen molar-refractivity contribution in [2.75, 3.05) is 0 Å². The monoisotopic (exact) mass is 301 g/mol. The van der Waals surface area contributed by atoms with Gasteiger partial charge < -0.3 is 15.9 Å². The predicted octanol–water partition coefficient (Wildman–Crippen LogP) is 2.95. The molecule has 0 unspecified atom stereocenters. The number of hydrogen-bond acceptors (Lipinski definition) is 3. The molecule has 2 atom stereocenters. The second-order valence-electron chi connectivity index (χ2n) is 4.77. The van der Waals surface area contributed by atoms with E-state index < -0.39 is 12.1 Å². The van der Waals surface area contributed by atoms with E-state index in [1.165, 1.54) is 0 Å². The van der Waals surface area contributed by atoms with Gasteiger partial charge in [0.1, 0.15) is 5.75 Å². The van der Waals surface area contributed by atoms with E-state index in [1.54, 1.807) is 12.1 Å². The van der Waals surface area contributed by atoms with E-state index >= 15 is 0 Å². The van der Waals surface area contributed by atoms with Gasteiger partial charge in [0.15, 0.2) is 0 Å². The van der Waals surface area contributed by atoms with Crippen LogP contribution in [0.15, 0.2) is 22.7 Å². The first-order valence-corrected chi connectivity index (χ1v) is 6.63. The first-order chi connectivity index (χ1) is 7.91. The molecule has 0 amide bonds. The normalized spacial score (nSPS) is 14.9. The molecule has 0 aliphatic rings. The summed E-state index contributed by atoms with van der Waals surface area (Å²) in [7, 11) is 0. The van der Waals surface area contributed by atoms with Gasteiger partial charge in [0.2, 0.25) is 0 Å². The van der Waals surface area contributed by atoms with Crippen molar-refractivity contribution < 1.29 is 10.2 Å². The summed E-state index contributed by atoms with van der Waals surface area (Å²) in [5.74, 6) is 0.658. The minimum atomic E-state index is -0.621. The zero-order valence-corrected chi connectivity index (χ0v) is 11.8. The van der Waals surface area contributed by atoms with Crippen molar-refractivity contribution in [1.82, 2.24) is 0 Å². The maximum atomic E-state index is 9.97. The van der Waals surface area contributed by atoms with E-state index in [-0.39, 0.29) is 5.75 Å². The van der Waals surface area contributed by atoms with Crippen LogP contribution in [0.3, 0.4) is 0 Å². The lowest BCUT2D eigenvalue weighted by Gasteiger charge is -2.21. The molecule has 0 saturated heterocycles. The average Bonchev–Trinajstić information content (AvgIpc) is 2.25. The highest BCUT2D eigenvalue weighted by Gasteiger charge is 2.19. The standard InChI is InChI=1S/C13H20BrNO2/c1-8(2)3-6-11(16)13(15)10-5-4-9(14)7-12(10)17/h4-5,7-8,11,13,16-17H,3,6,15H2,1-2H3/t11-,13+/m1/s1. The Labute approximate surface area is 111 Å². The fourth-order valence-electron chi connectivity index (χ4n) is 1.69. The molecule has 96 valence electrons. The third-order valence-corrected chi connectivity index (χ3v) is 3.30. The number of phenolic OH excluding ortho intramolecular Hbond substituents is 1. The molecule has 4 heteroatoms. The van der Waals surface area contributed by atoms with Crippen molar-refractivity contribution in [2.24, 2.45) is 11.7 Å². The molecule has 0 aliphatic heterocycles. The van der Waals surface area contributed by atoms with Crippen LogP contribution in [-0.4, -0.2) is 16.3 Å². The summed E-state index contributed by atoms with van der Waals surface area (Å²) >= 11 is 3.27. The molecule has 1 aromatic rings. The molecular weight excluding hydrogens is 282 g/mol. The highest BCUT2D eigenvalue weighted by Crippen LogP contribution is 2.29. The fraction of sp³-hybridized carbons (Fsp3) is 0.538. The van der Waals surface area contributed by atoms with E-state index in [0.717, 1.165) is 10.9 Å². The van der Waals surface area contributed by atoms with Crippen LogP contribution in [0.2, 0.25) is 0 Å². The van der Waals surface area contributed by atoms with E-state index in [0.29, 0.717) is 17.9 Å². The minimum Gasteiger partial charge on any atom is -0.508 e. The van der Waals surface area contributed by atoms with Crippen molar-refractivity contribution >= 4 is 15.9 Å². The van der Waals surface area contributed by atoms with Crippen LogP contribution in [0.1, 0.15) is 38.3 Å². The van der Waals surface area contributed by atoms with Gasteiger partial charge in [-0.15, -0.1) is 0 Å². The number of nitrogens with two attached hydrogens (primary N) is 1. The van der Waals surface area contributed by atoms with Crippen LogP contribution >= 0.6 is 15.9 Å². The van der Waals surface area contributed by atoms with Crippen LogP contribution in [0.25, 0.3) is 0 Å². The van der Waals surface area contributed by atoms with Gasteiger partial charge in [-0.1, -0.05) is 35.8 Å². The number of aromatic hydroxyl groups is 1. The molecule has 1 rings (SSSR count). The number of phenols is 1. The maximum absolute atomic E-state index is 9.97. The van der Waals surface area contributed by atoms with Gasteiger partial charge in [0.05, 0.1) is 12.1 Å². The molecule has 0 saturated carbocycles. The Morgan fingerprint density at radius 2 is 1.94 bits per heavy atom. The highest BCUT2D eigenvalue weighted by molar-refractivity contribution is 9.10. The molecule has 0 bridgehead atoms. The van der Waals surface area contributed by atoms with E-state index in [2.05, 4.69) is 29.8 Å². The molecule has 0 fully saturated rings. The molecule has 1 aromatic carbocycles. The Balaban J connectivity index is 2.71. The van der Waals surface area contributed by atoms with Gasteiger partial charge in [-0.2, -0.15) is 0 Å². The Morgan fingerprint density at radius 1 is 1.29 bits per heavy atom. The van der Waals surface area contributed by atoms with E-state index in [4.69, 9.17) is 5.73 Å². The zero-order chi connectivity index (χ0) is 13.0. The third kappa shape index (κ3) is 4.30. The molecular formula is C13H20BrNO2. The van der Waals surface area contributed by atoms with Crippen molar-refractivity contribution in [1.29, 1.82) is 0 Å². The molecule has 0 aromatic heterocycles. The molecule has 0 aliphatic carbocycles. The largest absolute Gasteiger partial charge is 0.508 e. The summed E-state index contributed by atoms with van der Waals surface area (Å²) in [5, 5.41) is 19.7. The van der Waals surface area contributed by atoms with Gasteiger partial charge in [-0.25, -0.2) is 0 Å². The molecule has 4 N–H and O–H groups in total. The second kappa shape index (κ2) is 6.38. The lowest BCUT2D eigenvalue weighted by Crippen LogP contribution is -2.26. The summed E-state index contributed by atoms with van der Waals surface area (Å²) in [6.07, 6.45) is 0.949. The minimum absolute atomic E-state index is 0.121. The van der Waals surface area contributed by atoms with Crippen molar-refractivity contribution in [2.45, 2.75) is 38.8 Å². The maximum Gasteiger partial charge on any atom is 0.121 e. The topological polar surface area (TPSA) is 66.5 Å². The van der Waals surface area contributed by atoms with Crippen molar-refractivity contribution in [3.05, 3.63) is 28.2 Å². The molecule has 17 heavy (non-hydrogen) atoms. The summed E-state index contributed by atoms with van der Waals surface area (Å²) in [6, 6.07) is 4.60. The number of benzene rings is 1. The van der Waals surface area contributed by atoms with Crippen LogP contribution in [0.5, 0.6) is 5.75 Å².